The van der Waals surface area contributed by atoms with Crippen molar-refractivity contribution in [3.63, 3.8) is 0 Å². The predicted molar refractivity (Wildman–Crippen MR) is 81.1 cm³/mol. The maximum absolute atomic E-state index is 11.9. The molecule has 1 fully saturated rings. The van der Waals surface area contributed by atoms with Crippen LogP contribution < -0.4 is 5.32 Å². The van der Waals surface area contributed by atoms with Crippen LogP contribution in [0.15, 0.2) is 6.20 Å². The van der Waals surface area contributed by atoms with Crippen molar-refractivity contribution in [3.05, 3.63) is 17.5 Å². The maximum Gasteiger partial charge on any atom is 0.341 e. The van der Waals surface area contributed by atoms with E-state index in [0.717, 1.165) is 18.8 Å². The largest absolute Gasteiger partial charge is 0.462 e. The van der Waals surface area contributed by atoms with Gasteiger partial charge in [-0.05, 0) is 32.9 Å². The van der Waals surface area contributed by atoms with Crippen LogP contribution in [0.1, 0.15) is 42.7 Å². The van der Waals surface area contributed by atoms with Crippen molar-refractivity contribution in [2.45, 2.75) is 39.3 Å². The second-order valence-electron chi connectivity index (χ2n) is 5.40. The standard InChI is InChI=1S/C15H26N4O2/c1-4-19-8-6-7-12(19)9-16-11-14-13(10-17-18(14)3)15(20)21-5-2/h10,12,16H,4-9,11H2,1-3H3. The molecule has 1 aromatic rings. The molecule has 21 heavy (non-hydrogen) atoms. The molecule has 6 heteroatoms. The summed E-state index contributed by atoms with van der Waals surface area (Å²) >= 11 is 0. The summed E-state index contributed by atoms with van der Waals surface area (Å²) in [6.07, 6.45) is 4.11. The summed E-state index contributed by atoms with van der Waals surface area (Å²) in [5, 5.41) is 7.63. The van der Waals surface area contributed by atoms with Gasteiger partial charge in [-0.15, -0.1) is 0 Å². The van der Waals surface area contributed by atoms with Gasteiger partial charge in [0.1, 0.15) is 5.56 Å². The highest BCUT2D eigenvalue weighted by molar-refractivity contribution is 5.90. The highest BCUT2D eigenvalue weighted by atomic mass is 16.5. The van der Waals surface area contributed by atoms with E-state index in [4.69, 9.17) is 4.74 Å². The van der Waals surface area contributed by atoms with Crippen LogP contribution in [-0.2, 0) is 18.3 Å². The van der Waals surface area contributed by atoms with Gasteiger partial charge in [-0.25, -0.2) is 4.79 Å². The lowest BCUT2D eigenvalue weighted by atomic mass is 10.2. The molecule has 1 saturated heterocycles. The molecule has 2 rings (SSSR count). The molecule has 6 nitrogen and oxygen atoms in total. The normalized spacial score (nSPS) is 19.1. The molecule has 2 heterocycles. The zero-order valence-corrected chi connectivity index (χ0v) is 13.3. The smallest absolute Gasteiger partial charge is 0.341 e. The molecule has 0 bridgehead atoms. The first-order valence-electron chi connectivity index (χ1n) is 7.80. The highest BCUT2D eigenvalue weighted by Gasteiger charge is 2.23. The lowest BCUT2D eigenvalue weighted by Crippen LogP contribution is -2.37. The number of carbonyl (C=O) groups is 1. The second-order valence-corrected chi connectivity index (χ2v) is 5.40. The minimum absolute atomic E-state index is 0.293. The molecule has 1 atom stereocenters. The Labute approximate surface area is 126 Å². The number of aromatic nitrogens is 2. The van der Waals surface area contributed by atoms with Crippen molar-refractivity contribution in [3.8, 4) is 0 Å². The Bertz CT molecular complexity index is 472. The topological polar surface area (TPSA) is 59.4 Å². The fourth-order valence-electron chi connectivity index (χ4n) is 2.95. The molecule has 0 radical (unpaired) electrons. The summed E-state index contributed by atoms with van der Waals surface area (Å²) in [5.74, 6) is -0.293. The Morgan fingerprint density at radius 3 is 3.05 bits per heavy atom. The van der Waals surface area contributed by atoms with Crippen LogP contribution in [0, 0.1) is 0 Å². The average Bonchev–Trinajstić information content (AvgIpc) is 3.06. The SMILES string of the molecule is CCOC(=O)c1cnn(C)c1CNCC1CCCN1CC. The first kappa shape index (κ1) is 16.0. The summed E-state index contributed by atoms with van der Waals surface area (Å²) in [4.78, 5) is 14.4. The number of likely N-dealkylation sites (tertiary alicyclic amines) is 1. The number of nitrogens with zero attached hydrogens (tertiary/aromatic N) is 3. The van der Waals surface area contributed by atoms with E-state index in [9.17, 15) is 4.79 Å². The summed E-state index contributed by atoms with van der Waals surface area (Å²) in [6.45, 7) is 8.28. The predicted octanol–water partition coefficient (Wildman–Crippen LogP) is 1.17. The third kappa shape index (κ3) is 3.83. The lowest BCUT2D eigenvalue weighted by molar-refractivity contribution is 0.0524. The number of aryl methyl sites for hydroxylation is 1. The number of rotatable bonds is 7. The van der Waals surface area contributed by atoms with Gasteiger partial charge in [0.2, 0.25) is 0 Å². The van der Waals surface area contributed by atoms with E-state index in [1.165, 1.54) is 19.4 Å². The molecule has 118 valence electrons. The molecule has 0 spiro atoms. The Kier molecular flexibility index (Phi) is 5.76. The van der Waals surface area contributed by atoms with Crippen molar-refractivity contribution in [1.82, 2.24) is 20.0 Å². The Hall–Kier alpha value is -1.40. The van der Waals surface area contributed by atoms with Gasteiger partial charge in [-0.2, -0.15) is 5.10 Å². The summed E-state index contributed by atoms with van der Waals surface area (Å²) in [7, 11) is 1.85. The fraction of sp³-hybridized carbons (Fsp3) is 0.733. The Balaban J connectivity index is 1.91. The van der Waals surface area contributed by atoms with Gasteiger partial charge < -0.3 is 10.1 Å². The molecule has 1 aliphatic heterocycles. The molecule has 0 aromatic carbocycles. The second kappa shape index (κ2) is 7.56. The van der Waals surface area contributed by atoms with Crippen molar-refractivity contribution >= 4 is 5.97 Å². The highest BCUT2D eigenvalue weighted by Crippen LogP contribution is 2.16. The van der Waals surface area contributed by atoms with E-state index in [1.54, 1.807) is 10.9 Å². The number of ether oxygens (including phenoxy) is 1. The van der Waals surface area contributed by atoms with Gasteiger partial charge in [-0.3, -0.25) is 9.58 Å². The molecule has 0 saturated carbocycles. The molecular formula is C15H26N4O2. The van der Waals surface area contributed by atoms with Crippen LogP contribution in [0.3, 0.4) is 0 Å². The van der Waals surface area contributed by atoms with Crippen molar-refractivity contribution in [2.24, 2.45) is 7.05 Å². The first-order chi connectivity index (χ1) is 10.2. The van der Waals surface area contributed by atoms with Crippen LogP contribution in [-0.4, -0.2) is 52.9 Å². The van der Waals surface area contributed by atoms with E-state index in [-0.39, 0.29) is 5.97 Å². The van der Waals surface area contributed by atoms with Crippen LogP contribution in [0.4, 0.5) is 0 Å². The number of esters is 1. The van der Waals surface area contributed by atoms with Crippen LogP contribution in [0.5, 0.6) is 0 Å². The van der Waals surface area contributed by atoms with Crippen LogP contribution >= 0.6 is 0 Å². The molecular weight excluding hydrogens is 268 g/mol. The van der Waals surface area contributed by atoms with E-state index in [2.05, 4.69) is 22.2 Å². The van der Waals surface area contributed by atoms with E-state index in [0.29, 0.717) is 24.8 Å². The number of nitrogens with one attached hydrogen (secondary N) is 1. The number of hydrogen-bond acceptors (Lipinski definition) is 5. The third-order valence-corrected chi connectivity index (χ3v) is 4.13. The van der Waals surface area contributed by atoms with Gasteiger partial charge in [-0.1, -0.05) is 6.92 Å². The number of carbonyl (C=O) groups excluding carboxylic acids is 1. The Morgan fingerprint density at radius 1 is 1.52 bits per heavy atom. The van der Waals surface area contributed by atoms with Gasteiger partial charge in [0.25, 0.3) is 0 Å². The quantitative estimate of drug-likeness (QED) is 0.765. The number of likely N-dealkylation sites (N-methyl/N-ethyl adjacent to an activating group) is 1. The van der Waals surface area contributed by atoms with Crippen LogP contribution in [0.25, 0.3) is 0 Å². The molecule has 1 unspecified atom stereocenters. The van der Waals surface area contributed by atoms with E-state index >= 15 is 0 Å². The molecule has 1 N–H and O–H groups in total. The molecule has 0 aliphatic carbocycles. The summed E-state index contributed by atoms with van der Waals surface area (Å²) in [6, 6.07) is 0.606. The van der Waals surface area contributed by atoms with Crippen molar-refractivity contribution < 1.29 is 9.53 Å². The van der Waals surface area contributed by atoms with Gasteiger partial charge >= 0.3 is 5.97 Å². The van der Waals surface area contributed by atoms with Crippen molar-refractivity contribution in [1.29, 1.82) is 0 Å². The van der Waals surface area contributed by atoms with E-state index < -0.39 is 0 Å². The lowest BCUT2D eigenvalue weighted by Gasteiger charge is -2.23. The summed E-state index contributed by atoms with van der Waals surface area (Å²) in [5.41, 5.74) is 1.44. The van der Waals surface area contributed by atoms with Gasteiger partial charge in [0.05, 0.1) is 18.5 Å². The monoisotopic (exact) mass is 294 g/mol. The maximum atomic E-state index is 11.9. The molecule has 1 aliphatic rings. The fourth-order valence-corrected chi connectivity index (χ4v) is 2.95. The zero-order chi connectivity index (χ0) is 15.2. The minimum Gasteiger partial charge on any atom is -0.462 e. The Morgan fingerprint density at radius 2 is 2.33 bits per heavy atom. The molecule has 0 amide bonds. The summed E-state index contributed by atoms with van der Waals surface area (Å²) < 4.78 is 6.81. The third-order valence-electron chi connectivity index (χ3n) is 4.13. The van der Waals surface area contributed by atoms with Crippen LogP contribution in [0.2, 0.25) is 0 Å². The minimum atomic E-state index is -0.293. The zero-order valence-electron chi connectivity index (χ0n) is 13.3. The molecule has 1 aromatic heterocycles. The van der Waals surface area contributed by atoms with Gasteiger partial charge in [0.15, 0.2) is 0 Å². The first-order valence-corrected chi connectivity index (χ1v) is 7.80. The number of hydrogen-bond donors (Lipinski definition) is 1. The van der Waals surface area contributed by atoms with E-state index in [1.807, 2.05) is 14.0 Å². The average molecular weight is 294 g/mol. The van der Waals surface area contributed by atoms with Gasteiger partial charge in [0, 0.05) is 26.2 Å². The van der Waals surface area contributed by atoms with Crippen molar-refractivity contribution in [2.75, 3.05) is 26.2 Å².